The molecule has 0 spiro atoms. The van der Waals surface area contributed by atoms with Gasteiger partial charge in [-0.15, -0.1) is 11.3 Å². The minimum absolute atomic E-state index is 0.0652. The van der Waals surface area contributed by atoms with E-state index >= 15 is 0 Å². The molecule has 24 heavy (non-hydrogen) atoms. The molecule has 2 heterocycles. The van der Waals surface area contributed by atoms with Crippen LogP contribution in [0.4, 0.5) is 0 Å². The van der Waals surface area contributed by atoms with Gasteiger partial charge in [-0.2, -0.15) is 0 Å². The Morgan fingerprint density at radius 2 is 2.21 bits per heavy atom. The van der Waals surface area contributed by atoms with Crippen molar-refractivity contribution in [1.82, 2.24) is 9.97 Å². The second-order valence-electron chi connectivity index (χ2n) is 5.22. The van der Waals surface area contributed by atoms with E-state index in [0.29, 0.717) is 16.0 Å². The molecule has 0 aliphatic heterocycles. The lowest BCUT2D eigenvalue weighted by atomic mass is 10.2. The van der Waals surface area contributed by atoms with Crippen LogP contribution >= 0.6 is 11.3 Å². The van der Waals surface area contributed by atoms with Gasteiger partial charge in [-0.3, -0.25) is 9.59 Å². The summed E-state index contributed by atoms with van der Waals surface area (Å²) in [4.78, 5) is 30.4. The highest BCUT2D eigenvalue weighted by Crippen LogP contribution is 2.14. The molecular formula is C17H16N2O4S. The average Bonchev–Trinajstić information content (AvgIpc) is 3.02. The van der Waals surface area contributed by atoms with Crippen LogP contribution in [0.5, 0.6) is 5.75 Å². The van der Waals surface area contributed by atoms with Crippen LogP contribution in [0, 0.1) is 6.92 Å². The van der Waals surface area contributed by atoms with Crippen LogP contribution in [0.25, 0.3) is 10.2 Å². The van der Waals surface area contributed by atoms with Gasteiger partial charge in [0.05, 0.1) is 18.5 Å². The van der Waals surface area contributed by atoms with Crippen molar-refractivity contribution in [3.05, 3.63) is 57.5 Å². The largest absolute Gasteiger partial charge is 0.493 e. The predicted octanol–water partition coefficient (Wildman–Crippen LogP) is 2.81. The highest BCUT2D eigenvalue weighted by atomic mass is 32.1. The van der Waals surface area contributed by atoms with Crippen molar-refractivity contribution in [2.45, 2.75) is 20.0 Å². The van der Waals surface area contributed by atoms with E-state index in [2.05, 4.69) is 9.97 Å². The third kappa shape index (κ3) is 3.99. The summed E-state index contributed by atoms with van der Waals surface area (Å²) < 4.78 is 11.2. The molecular weight excluding hydrogens is 328 g/mol. The Kier molecular flexibility index (Phi) is 4.90. The van der Waals surface area contributed by atoms with Crippen LogP contribution in [-0.4, -0.2) is 22.5 Å². The topological polar surface area (TPSA) is 81.3 Å². The van der Waals surface area contributed by atoms with E-state index < -0.39 is 5.97 Å². The number of rotatable bonds is 6. The van der Waals surface area contributed by atoms with Gasteiger partial charge in [0, 0.05) is 0 Å². The van der Waals surface area contributed by atoms with E-state index in [0.717, 1.165) is 11.3 Å². The third-order valence-electron chi connectivity index (χ3n) is 3.30. The molecule has 0 bridgehead atoms. The SMILES string of the molecule is Cc1cccc(OCCC(=O)OCc2nc3ccsc3c(=O)[nH]2)c1. The molecule has 0 radical (unpaired) electrons. The smallest absolute Gasteiger partial charge is 0.309 e. The molecule has 0 atom stereocenters. The Bertz CT molecular complexity index is 916. The van der Waals surface area contributed by atoms with Crippen LogP contribution in [0.2, 0.25) is 0 Å². The standard InChI is InChI=1S/C17H16N2O4S/c1-11-3-2-4-12(9-11)22-7-5-15(20)23-10-14-18-13-6-8-24-16(13)17(21)19-14/h2-4,6,8-9H,5,7,10H2,1H3,(H,18,19,21). The maximum atomic E-state index is 11.8. The number of ether oxygens (including phenoxy) is 2. The molecule has 1 N–H and O–H groups in total. The van der Waals surface area contributed by atoms with Gasteiger partial charge in [0.2, 0.25) is 0 Å². The number of esters is 1. The maximum Gasteiger partial charge on any atom is 0.309 e. The second kappa shape index (κ2) is 7.27. The third-order valence-corrected chi connectivity index (χ3v) is 4.20. The molecule has 124 valence electrons. The Morgan fingerprint density at radius 1 is 1.33 bits per heavy atom. The second-order valence-corrected chi connectivity index (χ2v) is 6.14. The fourth-order valence-electron chi connectivity index (χ4n) is 2.17. The number of benzene rings is 1. The first-order valence-electron chi connectivity index (χ1n) is 7.43. The highest BCUT2D eigenvalue weighted by Gasteiger charge is 2.08. The number of hydrogen-bond acceptors (Lipinski definition) is 6. The molecule has 0 unspecified atom stereocenters. The van der Waals surface area contributed by atoms with Gasteiger partial charge in [-0.05, 0) is 36.1 Å². The van der Waals surface area contributed by atoms with Crippen LogP contribution in [0.3, 0.4) is 0 Å². The van der Waals surface area contributed by atoms with Crippen LogP contribution in [0.1, 0.15) is 17.8 Å². The molecule has 7 heteroatoms. The molecule has 6 nitrogen and oxygen atoms in total. The van der Waals surface area contributed by atoms with E-state index in [1.807, 2.05) is 31.2 Å². The van der Waals surface area contributed by atoms with Crippen molar-refractivity contribution in [2.24, 2.45) is 0 Å². The fourth-order valence-corrected chi connectivity index (χ4v) is 2.89. The summed E-state index contributed by atoms with van der Waals surface area (Å²) in [7, 11) is 0. The van der Waals surface area contributed by atoms with Crippen LogP contribution in [-0.2, 0) is 16.1 Å². The summed E-state index contributed by atoms with van der Waals surface area (Å²) in [5, 5.41) is 1.80. The van der Waals surface area contributed by atoms with E-state index in [1.54, 1.807) is 11.4 Å². The zero-order chi connectivity index (χ0) is 16.9. The molecule has 3 rings (SSSR count). The van der Waals surface area contributed by atoms with E-state index in [1.165, 1.54) is 11.3 Å². The first kappa shape index (κ1) is 16.2. The van der Waals surface area contributed by atoms with E-state index in [9.17, 15) is 9.59 Å². The van der Waals surface area contributed by atoms with Crippen molar-refractivity contribution >= 4 is 27.5 Å². The normalized spacial score (nSPS) is 10.7. The number of hydrogen-bond donors (Lipinski definition) is 1. The van der Waals surface area contributed by atoms with Gasteiger partial charge in [-0.25, -0.2) is 4.98 Å². The summed E-state index contributed by atoms with van der Waals surface area (Å²) in [6.45, 7) is 2.14. The highest BCUT2D eigenvalue weighted by molar-refractivity contribution is 7.17. The summed E-state index contributed by atoms with van der Waals surface area (Å²) in [5.74, 6) is 0.645. The van der Waals surface area contributed by atoms with Crippen LogP contribution < -0.4 is 10.3 Å². The van der Waals surface area contributed by atoms with Crippen molar-refractivity contribution in [1.29, 1.82) is 0 Å². The molecule has 0 amide bonds. The van der Waals surface area contributed by atoms with E-state index in [4.69, 9.17) is 9.47 Å². The molecule has 0 saturated carbocycles. The molecule has 0 aliphatic rings. The quantitative estimate of drug-likeness (QED) is 0.696. The number of fused-ring (bicyclic) bond motifs is 1. The van der Waals surface area contributed by atoms with E-state index in [-0.39, 0.29) is 25.2 Å². The Morgan fingerprint density at radius 3 is 3.04 bits per heavy atom. The van der Waals surface area contributed by atoms with Crippen molar-refractivity contribution in [3.8, 4) is 5.75 Å². The van der Waals surface area contributed by atoms with Gasteiger partial charge in [0.15, 0.2) is 0 Å². The van der Waals surface area contributed by atoms with Crippen molar-refractivity contribution in [2.75, 3.05) is 6.61 Å². The fraction of sp³-hybridized carbons (Fsp3) is 0.235. The number of aromatic amines is 1. The lowest BCUT2D eigenvalue weighted by Gasteiger charge is -2.07. The zero-order valence-corrected chi connectivity index (χ0v) is 13.9. The molecule has 0 saturated heterocycles. The molecule has 0 fully saturated rings. The minimum Gasteiger partial charge on any atom is -0.493 e. The number of thiophene rings is 1. The first-order chi connectivity index (χ1) is 11.6. The number of carbonyl (C=O) groups excluding carboxylic acids is 1. The summed E-state index contributed by atoms with van der Waals surface area (Å²) in [6.07, 6.45) is 0.124. The molecule has 1 aromatic carbocycles. The lowest BCUT2D eigenvalue weighted by Crippen LogP contribution is -2.14. The first-order valence-corrected chi connectivity index (χ1v) is 8.31. The lowest BCUT2D eigenvalue weighted by molar-refractivity contribution is -0.145. The number of H-pyrrole nitrogens is 1. The van der Waals surface area contributed by atoms with Crippen molar-refractivity contribution in [3.63, 3.8) is 0 Å². The summed E-state index contributed by atoms with van der Waals surface area (Å²) in [6, 6.07) is 9.36. The summed E-state index contributed by atoms with van der Waals surface area (Å²) in [5.41, 5.74) is 1.48. The van der Waals surface area contributed by atoms with Gasteiger partial charge in [0.25, 0.3) is 5.56 Å². The monoisotopic (exact) mass is 344 g/mol. The summed E-state index contributed by atoms with van der Waals surface area (Å²) >= 11 is 1.33. The van der Waals surface area contributed by atoms with Crippen LogP contribution in [0.15, 0.2) is 40.5 Å². The minimum atomic E-state index is -0.407. The van der Waals surface area contributed by atoms with Gasteiger partial charge in [-0.1, -0.05) is 12.1 Å². The number of nitrogens with zero attached hydrogens (tertiary/aromatic N) is 1. The molecule has 3 aromatic rings. The number of aryl methyl sites for hydroxylation is 1. The maximum absolute atomic E-state index is 11.8. The Hall–Kier alpha value is -2.67. The predicted molar refractivity (Wildman–Crippen MR) is 91.3 cm³/mol. The zero-order valence-electron chi connectivity index (χ0n) is 13.1. The van der Waals surface area contributed by atoms with Gasteiger partial charge in [0.1, 0.15) is 22.9 Å². The Balaban J connectivity index is 1.49. The number of aromatic nitrogens is 2. The van der Waals surface area contributed by atoms with Gasteiger partial charge >= 0.3 is 5.97 Å². The van der Waals surface area contributed by atoms with Crippen molar-refractivity contribution < 1.29 is 14.3 Å². The number of nitrogens with one attached hydrogen (secondary N) is 1. The average molecular weight is 344 g/mol. The molecule has 0 aliphatic carbocycles. The molecule has 2 aromatic heterocycles. The van der Waals surface area contributed by atoms with Gasteiger partial charge < -0.3 is 14.5 Å². The Labute approximate surface area is 142 Å². The number of carbonyl (C=O) groups is 1.